The summed E-state index contributed by atoms with van der Waals surface area (Å²) in [5.74, 6) is 0.718. The number of nitrogens with one attached hydrogen (secondary N) is 2. The Morgan fingerprint density at radius 3 is 2.50 bits per heavy atom. The molecule has 0 fully saturated rings. The van der Waals surface area contributed by atoms with Gasteiger partial charge in [0, 0.05) is 13.1 Å². The molecule has 0 saturated carbocycles. The standard InChI is InChI=1S/C16H25BrN2O2.ClH/c1-4-9-18-10-11-19-16(20)15(12(2)3)21-14-8-6-5-7-13(14)17;/h5-8,12,15,18H,4,9-11H2,1-3H3,(H,19,20);1H. The zero-order valence-corrected chi connectivity index (χ0v) is 15.8. The first kappa shape index (κ1) is 21.2. The molecule has 0 aliphatic carbocycles. The molecule has 22 heavy (non-hydrogen) atoms. The highest BCUT2D eigenvalue weighted by Crippen LogP contribution is 2.26. The molecule has 0 spiro atoms. The smallest absolute Gasteiger partial charge is 0.261 e. The van der Waals surface area contributed by atoms with Crippen molar-refractivity contribution in [2.45, 2.75) is 33.3 Å². The Hall–Kier alpha value is -0.780. The van der Waals surface area contributed by atoms with Gasteiger partial charge >= 0.3 is 0 Å². The first-order chi connectivity index (χ1) is 10.1. The average molecular weight is 394 g/mol. The van der Waals surface area contributed by atoms with Crippen LogP contribution in [0, 0.1) is 5.92 Å². The molecular weight excluding hydrogens is 368 g/mol. The molecule has 6 heteroatoms. The van der Waals surface area contributed by atoms with Crippen molar-refractivity contribution in [1.29, 1.82) is 0 Å². The molecule has 0 saturated heterocycles. The van der Waals surface area contributed by atoms with E-state index in [0.29, 0.717) is 12.3 Å². The van der Waals surface area contributed by atoms with E-state index in [1.807, 2.05) is 38.1 Å². The van der Waals surface area contributed by atoms with Crippen molar-refractivity contribution < 1.29 is 9.53 Å². The van der Waals surface area contributed by atoms with Crippen LogP contribution in [0.3, 0.4) is 0 Å². The van der Waals surface area contributed by atoms with Crippen LogP contribution >= 0.6 is 28.3 Å². The van der Waals surface area contributed by atoms with Crippen LogP contribution in [0.4, 0.5) is 0 Å². The summed E-state index contributed by atoms with van der Waals surface area (Å²) in [7, 11) is 0. The SMILES string of the molecule is CCCNCCNC(=O)C(Oc1ccccc1Br)C(C)C.Cl. The van der Waals surface area contributed by atoms with Crippen molar-refractivity contribution in [2.75, 3.05) is 19.6 Å². The van der Waals surface area contributed by atoms with Crippen LogP contribution in [0.15, 0.2) is 28.7 Å². The molecule has 0 aromatic heterocycles. The van der Waals surface area contributed by atoms with Crippen molar-refractivity contribution >= 4 is 34.2 Å². The average Bonchev–Trinajstić information content (AvgIpc) is 2.45. The van der Waals surface area contributed by atoms with Gasteiger partial charge in [0.15, 0.2) is 6.10 Å². The highest BCUT2D eigenvalue weighted by molar-refractivity contribution is 9.10. The summed E-state index contributed by atoms with van der Waals surface area (Å²) < 4.78 is 6.72. The Labute approximate surface area is 147 Å². The van der Waals surface area contributed by atoms with E-state index in [9.17, 15) is 4.79 Å². The van der Waals surface area contributed by atoms with Gasteiger partial charge in [-0.05, 0) is 46.9 Å². The van der Waals surface area contributed by atoms with Gasteiger partial charge in [-0.2, -0.15) is 0 Å². The maximum Gasteiger partial charge on any atom is 0.261 e. The number of para-hydroxylation sites is 1. The Kier molecular flexibility index (Phi) is 11.3. The third kappa shape index (κ3) is 7.47. The normalized spacial score (nSPS) is 11.7. The largest absolute Gasteiger partial charge is 0.479 e. The number of hydrogen-bond donors (Lipinski definition) is 2. The molecular formula is C16H26BrClN2O2. The predicted octanol–water partition coefficient (Wildman–Crippen LogP) is 3.39. The second-order valence-electron chi connectivity index (χ2n) is 5.25. The van der Waals surface area contributed by atoms with Crippen LogP contribution in [0.5, 0.6) is 5.75 Å². The van der Waals surface area contributed by atoms with Gasteiger partial charge < -0.3 is 15.4 Å². The Morgan fingerprint density at radius 2 is 1.91 bits per heavy atom. The lowest BCUT2D eigenvalue weighted by Crippen LogP contribution is -2.44. The van der Waals surface area contributed by atoms with Crippen LogP contribution in [-0.2, 0) is 4.79 Å². The number of carbonyl (C=O) groups is 1. The van der Waals surface area contributed by atoms with Crippen molar-refractivity contribution in [3.05, 3.63) is 28.7 Å². The number of benzene rings is 1. The number of ether oxygens (including phenoxy) is 1. The minimum Gasteiger partial charge on any atom is -0.479 e. The van der Waals surface area contributed by atoms with E-state index in [0.717, 1.165) is 24.0 Å². The van der Waals surface area contributed by atoms with E-state index in [4.69, 9.17) is 4.74 Å². The molecule has 1 aromatic carbocycles. The Morgan fingerprint density at radius 1 is 1.23 bits per heavy atom. The highest BCUT2D eigenvalue weighted by atomic mass is 79.9. The van der Waals surface area contributed by atoms with E-state index >= 15 is 0 Å². The third-order valence-corrected chi connectivity index (χ3v) is 3.64. The molecule has 1 aromatic rings. The van der Waals surface area contributed by atoms with E-state index in [-0.39, 0.29) is 24.2 Å². The summed E-state index contributed by atoms with van der Waals surface area (Å²) in [6.45, 7) is 8.44. The molecule has 0 aliphatic rings. The lowest BCUT2D eigenvalue weighted by Gasteiger charge is -2.22. The van der Waals surface area contributed by atoms with Gasteiger partial charge in [0.05, 0.1) is 4.47 Å². The summed E-state index contributed by atoms with van der Waals surface area (Å²) >= 11 is 3.44. The summed E-state index contributed by atoms with van der Waals surface area (Å²) in [6.07, 6.45) is 0.600. The molecule has 4 nitrogen and oxygen atoms in total. The molecule has 0 radical (unpaired) electrons. The molecule has 0 heterocycles. The number of amides is 1. The van der Waals surface area contributed by atoms with Gasteiger partial charge in [-0.15, -0.1) is 12.4 Å². The third-order valence-electron chi connectivity index (χ3n) is 2.98. The van der Waals surface area contributed by atoms with E-state index in [1.54, 1.807) is 0 Å². The van der Waals surface area contributed by atoms with E-state index in [1.165, 1.54) is 0 Å². The van der Waals surface area contributed by atoms with E-state index < -0.39 is 6.10 Å². The molecule has 2 N–H and O–H groups in total. The van der Waals surface area contributed by atoms with Crippen molar-refractivity contribution in [1.82, 2.24) is 10.6 Å². The summed E-state index contributed by atoms with van der Waals surface area (Å²) in [5.41, 5.74) is 0. The Balaban J connectivity index is 0.00000441. The van der Waals surface area contributed by atoms with Gasteiger partial charge in [-0.25, -0.2) is 0 Å². The van der Waals surface area contributed by atoms with Crippen molar-refractivity contribution in [3.8, 4) is 5.75 Å². The highest BCUT2D eigenvalue weighted by Gasteiger charge is 2.24. The number of rotatable bonds is 9. The molecule has 1 amide bonds. The second kappa shape index (κ2) is 11.7. The van der Waals surface area contributed by atoms with Crippen LogP contribution in [0.25, 0.3) is 0 Å². The molecule has 1 rings (SSSR count). The Bertz CT molecular complexity index is 444. The van der Waals surface area contributed by atoms with Crippen LogP contribution in [-0.4, -0.2) is 31.6 Å². The van der Waals surface area contributed by atoms with Gasteiger partial charge in [-0.1, -0.05) is 32.9 Å². The second-order valence-corrected chi connectivity index (χ2v) is 6.11. The van der Waals surface area contributed by atoms with Crippen LogP contribution in [0.1, 0.15) is 27.2 Å². The van der Waals surface area contributed by atoms with Gasteiger partial charge in [0.2, 0.25) is 0 Å². The van der Waals surface area contributed by atoms with Crippen molar-refractivity contribution in [2.24, 2.45) is 5.92 Å². The maximum atomic E-state index is 12.3. The lowest BCUT2D eigenvalue weighted by atomic mass is 10.1. The van der Waals surface area contributed by atoms with Gasteiger partial charge in [0.25, 0.3) is 5.91 Å². The predicted molar refractivity (Wildman–Crippen MR) is 96.8 cm³/mol. The van der Waals surface area contributed by atoms with Crippen LogP contribution < -0.4 is 15.4 Å². The summed E-state index contributed by atoms with van der Waals surface area (Å²) in [5, 5.41) is 6.18. The quantitative estimate of drug-likeness (QED) is 0.632. The zero-order valence-electron chi connectivity index (χ0n) is 13.4. The minimum atomic E-state index is -0.491. The fourth-order valence-corrected chi connectivity index (χ4v) is 2.22. The monoisotopic (exact) mass is 392 g/mol. The van der Waals surface area contributed by atoms with Crippen molar-refractivity contribution in [3.63, 3.8) is 0 Å². The topological polar surface area (TPSA) is 50.4 Å². The summed E-state index contributed by atoms with van der Waals surface area (Å²) in [6, 6.07) is 7.57. The first-order valence-corrected chi connectivity index (χ1v) is 8.25. The molecule has 0 bridgehead atoms. The first-order valence-electron chi connectivity index (χ1n) is 7.45. The fourth-order valence-electron chi connectivity index (χ4n) is 1.85. The molecule has 0 aliphatic heterocycles. The number of hydrogen-bond acceptors (Lipinski definition) is 3. The maximum absolute atomic E-state index is 12.3. The molecule has 1 unspecified atom stereocenters. The molecule has 1 atom stereocenters. The lowest BCUT2D eigenvalue weighted by molar-refractivity contribution is -0.129. The summed E-state index contributed by atoms with van der Waals surface area (Å²) in [4.78, 5) is 12.3. The van der Waals surface area contributed by atoms with Gasteiger partial charge in [0.1, 0.15) is 5.75 Å². The number of carbonyl (C=O) groups excluding carboxylic acids is 1. The number of halogens is 2. The van der Waals surface area contributed by atoms with E-state index in [2.05, 4.69) is 33.5 Å². The molecule has 126 valence electrons. The zero-order chi connectivity index (χ0) is 15.7. The van der Waals surface area contributed by atoms with Gasteiger partial charge in [-0.3, -0.25) is 4.79 Å². The van der Waals surface area contributed by atoms with Crippen LogP contribution in [0.2, 0.25) is 0 Å². The minimum absolute atomic E-state index is 0. The fraction of sp³-hybridized carbons (Fsp3) is 0.562.